The minimum atomic E-state index is -1.12. The fraction of sp³-hybridized carbons (Fsp3) is 0.391. The summed E-state index contributed by atoms with van der Waals surface area (Å²) in [6.07, 6.45) is 2.40. The van der Waals surface area contributed by atoms with Gasteiger partial charge in [0, 0.05) is 24.7 Å². The minimum Gasteiger partial charge on any atom is -0.370 e. The Bertz CT molecular complexity index is 1140. The first-order chi connectivity index (χ1) is 16.8. The molecular formula is C23H24ClFN4O5S. The lowest BCUT2D eigenvalue weighted by Crippen LogP contribution is -2.52. The fourth-order valence-corrected chi connectivity index (χ4v) is 4.63. The molecule has 4 amide bonds. The van der Waals surface area contributed by atoms with Crippen molar-refractivity contribution in [2.24, 2.45) is 5.92 Å². The molecule has 2 aromatic rings. The Morgan fingerprint density at radius 1 is 1.23 bits per heavy atom. The molecule has 2 heterocycles. The lowest BCUT2D eigenvalue weighted by Gasteiger charge is -2.28. The van der Waals surface area contributed by atoms with Crippen molar-refractivity contribution in [2.75, 3.05) is 36.5 Å². The van der Waals surface area contributed by atoms with Crippen LogP contribution in [-0.2, 0) is 19.1 Å². The standard InChI is InChI=1S/C23H24ClFN4O5S/c24-19-7-6-18(35-19)23(33)26-11-17(28-21(31)13-2-1-3-13)22(32)27-16-5-4-14(10-15(16)25)29-8-9-34-12-20(29)30/h4-7,10,13,17H,1-3,8-9,11-12H2,(H,26,33)(H,27,32)(H,28,31)/t17-/m1/s1. The van der Waals surface area contributed by atoms with Gasteiger partial charge < -0.3 is 25.6 Å². The fourth-order valence-electron chi connectivity index (χ4n) is 3.67. The van der Waals surface area contributed by atoms with Crippen molar-refractivity contribution in [3.05, 3.63) is 45.4 Å². The lowest BCUT2D eigenvalue weighted by molar-refractivity contribution is -0.131. The molecule has 1 aromatic heterocycles. The van der Waals surface area contributed by atoms with Gasteiger partial charge in [-0.1, -0.05) is 18.0 Å². The first kappa shape index (κ1) is 25.1. The van der Waals surface area contributed by atoms with Crippen LogP contribution in [0.4, 0.5) is 15.8 Å². The van der Waals surface area contributed by atoms with E-state index in [1.54, 1.807) is 12.1 Å². The van der Waals surface area contributed by atoms with Crippen LogP contribution in [0.2, 0.25) is 4.34 Å². The van der Waals surface area contributed by atoms with Crippen molar-refractivity contribution in [1.29, 1.82) is 0 Å². The number of nitrogens with one attached hydrogen (secondary N) is 3. The molecule has 9 nitrogen and oxygen atoms in total. The third-order valence-corrected chi connectivity index (χ3v) is 7.11. The molecule has 3 N–H and O–H groups in total. The summed E-state index contributed by atoms with van der Waals surface area (Å²) in [6, 6.07) is 6.04. The minimum absolute atomic E-state index is 0.0775. The van der Waals surface area contributed by atoms with E-state index >= 15 is 0 Å². The highest BCUT2D eigenvalue weighted by molar-refractivity contribution is 7.18. The van der Waals surface area contributed by atoms with Gasteiger partial charge in [0.05, 0.1) is 21.5 Å². The number of amides is 4. The summed E-state index contributed by atoms with van der Waals surface area (Å²) >= 11 is 6.96. The normalized spacial score (nSPS) is 16.9. The number of carbonyl (C=O) groups is 4. The zero-order valence-electron chi connectivity index (χ0n) is 18.6. The predicted octanol–water partition coefficient (Wildman–Crippen LogP) is 2.56. The first-order valence-corrected chi connectivity index (χ1v) is 12.3. The zero-order valence-corrected chi connectivity index (χ0v) is 20.2. The number of hydrogen-bond donors (Lipinski definition) is 3. The van der Waals surface area contributed by atoms with Crippen molar-refractivity contribution < 1.29 is 28.3 Å². The molecule has 0 bridgehead atoms. The van der Waals surface area contributed by atoms with Crippen LogP contribution in [0.25, 0.3) is 0 Å². The van der Waals surface area contributed by atoms with E-state index in [1.807, 2.05) is 0 Å². The van der Waals surface area contributed by atoms with E-state index in [9.17, 15) is 23.6 Å². The summed E-state index contributed by atoms with van der Waals surface area (Å²) in [5.74, 6) is -2.62. The molecule has 0 spiro atoms. The number of hydrogen-bond acceptors (Lipinski definition) is 6. The zero-order chi connectivity index (χ0) is 24.9. The smallest absolute Gasteiger partial charge is 0.261 e. The van der Waals surface area contributed by atoms with Crippen LogP contribution in [0.5, 0.6) is 0 Å². The van der Waals surface area contributed by atoms with Gasteiger partial charge in [0.25, 0.3) is 11.8 Å². The number of thiophene rings is 1. The second kappa shape index (κ2) is 11.1. The van der Waals surface area contributed by atoms with Gasteiger partial charge in [0.2, 0.25) is 11.8 Å². The molecule has 1 aromatic carbocycles. The maximum atomic E-state index is 14.8. The molecule has 2 fully saturated rings. The molecule has 0 unspecified atom stereocenters. The van der Waals surface area contributed by atoms with Gasteiger partial charge in [-0.25, -0.2) is 4.39 Å². The first-order valence-electron chi connectivity index (χ1n) is 11.1. The highest BCUT2D eigenvalue weighted by Crippen LogP contribution is 2.27. The van der Waals surface area contributed by atoms with Crippen molar-refractivity contribution in [3.8, 4) is 0 Å². The highest BCUT2D eigenvalue weighted by atomic mass is 35.5. The van der Waals surface area contributed by atoms with Gasteiger partial charge in [0.1, 0.15) is 18.5 Å². The number of nitrogens with zero attached hydrogens (tertiary/aromatic N) is 1. The number of ether oxygens (including phenoxy) is 1. The molecular weight excluding hydrogens is 499 g/mol. The number of morpholine rings is 1. The number of anilines is 2. The molecule has 4 rings (SSSR count). The third kappa shape index (κ3) is 6.16. The average Bonchev–Trinajstić information content (AvgIpc) is 3.23. The lowest BCUT2D eigenvalue weighted by atomic mass is 9.84. The van der Waals surface area contributed by atoms with E-state index in [2.05, 4.69) is 16.0 Å². The molecule has 12 heteroatoms. The Labute approximate surface area is 209 Å². The summed E-state index contributed by atoms with van der Waals surface area (Å²) in [4.78, 5) is 51.6. The van der Waals surface area contributed by atoms with E-state index < -0.39 is 23.7 Å². The molecule has 1 aliphatic heterocycles. The largest absolute Gasteiger partial charge is 0.370 e. The SMILES string of the molecule is O=C(NC[C@@H](NC(=O)C1CCC1)C(=O)Nc1ccc(N2CCOCC2=O)cc1F)c1ccc(Cl)s1. The van der Waals surface area contributed by atoms with Crippen molar-refractivity contribution in [2.45, 2.75) is 25.3 Å². The number of rotatable bonds is 8. The van der Waals surface area contributed by atoms with Crippen LogP contribution >= 0.6 is 22.9 Å². The van der Waals surface area contributed by atoms with Crippen LogP contribution in [0.3, 0.4) is 0 Å². The quantitative estimate of drug-likeness (QED) is 0.492. The maximum Gasteiger partial charge on any atom is 0.261 e. The summed E-state index contributed by atoms with van der Waals surface area (Å²) in [5.41, 5.74) is 0.240. The van der Waals surface area contributed by atoms with Crippen molar-refractivity contribution in [1.82, 2.24) is 10.6 Å². The molecule has 1 atom stereocenters. The summed E-state index contributed by atoms with van der Waals surface area (Å²) in [5, 5.41) is 7.75. The van der Waals surface area contributed by atoms with E-state index in [1.165, 1.54) is 17.0 Å². The van der Waals surface area contributed by atoms with Crippen LogP contribution in [0, 0.1) is 11.7 Å². The number of benzene rings is 1. The Balaban J connectivity index is 1.44. The Hall–Kier alpha value is -3.02. The van der Waals surface area contributed by atoms with E-state index in [-0.39, 0.29) is 36.6 Å². The molecule has 1 saturated carbocycles. The number of halogens is 2. The molecule has 186 valence electrons. The van der Waals surface area contributed by atoms with Gasteiger partial charge in [-0.3, -0.25) is 19.2 Å². The third-order valence-electron chi connectivity index (χ3n) is 5.88. The highest BCUT2D eigenvalue weighted by Gasteiger charge is 2.30. The molecule has 1 aliphatic carbocycles. The molecule has 35 heavy (non-hydrogen) atoms. The molecule has 2 aliphatic rings. The summed E-state index contributed by atoms with van der Waals surface area (Å²) < 4.78 is 20.3. The Kier molecular flexibility index (Phi) is 7.99. The monoisotopic (exact) mass is 522 g/mol. The summed E-state index contributed by atoms with van der Waals surface area (Å²) in [7, 11) is 0. The second-order valence-corrected chi connectivity index (χ2v) is 9.97. The van der Waals surface area contributed by atoms with Crippen LogP contribution in [0.15, 0.2) is 30.3 Å². The van der Waals surface area contributed by atoms with Gasteiger partial charge in [0.15, 0.2) is 0 Å². The average molecular weight is 523 g/mol. The van der Waals surface area contributed by atoms with Gasteiger partial charge in [-0.15, -0.1) is 11.3 Å². The topological polar surface area (TPSA) is 117 Å². The second-order valence-electron chi connectivity index (χ2n) is 8.25. The van der Waals surface area contributed by atoms with Crippen LogP contribution in [0.1, 0.15) is 28.9 Å². The van der Waals surface area contributed by atoms with Gasteiger partial charge in [-0.05, 0) is 43.2 Å². The van der Waals surface area contributed by atoms with Gasteiger partial charge in [-0.2, -0.15) is 0 Å². The van der Waals surface area contributed by atoms with Crippen molar-refractivity contribution >= 4 is 57.9 Å². The predicted molar refractivity (Wildman–Crippen MR) is 129 cm³/mol. The Morgan fingerprint density at radius 2 is 2.03 bits per heavy atom. The summed E-state index contributed by atoms with van der Waals surface area (Å²) in [6.45, 7) is 0.374. The van der Waals surface area contributed by atoms with E-state index in [0.717, 1.165) is 36.7 Å². The molecule has 0 radical (unpaired) electrons. The van der Waals surface area contributed by atoms with Crippen molar-refractivity contribution in [3.63, 3.8) is 0 Å². The maximum absolute atomic E-state index is 14.8. The number of carbonyl (C=O) groups excluding carboxylic acids is 4. The molecule has 1 saturated heterocycles. The Morgan fingerprint density at radius 3 is 2.66 bits per heavy atom. The van der Waals surface area contributed by atoms with E-state index in [0.29, 0.717) is 28.1 Å². The van der Waals surface area contributed by atoms with Crippen LogP contribution < -0.4 is 20.9 Å². The van der Waals surface area contributed by atoms with E-state index in [4.69, 9.17) is 16.3 Å². The van der Waals surface area contributed by atoms with Crippen LogP contribution in [-0.4, -0.2) is 56.0 Å². The van der Waals surface area contributed by atoms with Gasteiger partial charge >= 0.3 is 0 Å².